The fraction of sp³-hybridized carbons (Fsp3) is 1.00. The predicted molar refractivity (Wildman–Crippen MR) is 95.7 cm³/mol. The van der Waals surface area contributed by atoms with Crippen LogP contribution in [-0.4, -0.2) is 38.6 Å². The van der Waals surface area contributed by atoms with Crippen molar-refractivity contribution in [1.82, 2.24) is 0 Å². The molecule has 1 aliphatic carbocycles. The van der Waals surface area contributed by atoms with Crippen LogP contribution in [0.1, 0.15) is 64.7 Å². The molecule has 0 aromatic rings. The molecule has 0 spiro atoms. The van der Waals surface area contributed by atoms with Crippen LogP contribution >= 0.6 is 16.3 Å². The molecule has 2 unspecified atom stereocenters. The molecule has 0 bridgehead atoms. The van der Waals surface area contributed by atoms with E-state index < -0.39 is 29.7 Å². The van der Waals surface area contributed by atoms with Crippen LogP contribution in [0.4, 0.5) is 0 Å². The Bertz CT molecular complexity index is 476. The molecule has 2 atom stereocenters. The monoisotopic (exact) mass is 399 g/mol. The van der Waals surface area contributed by atoms with E-state index in [1.807, 2.05) is 0 Å². The molecule has 9 heteroatoms. The summed E-state index contributed by atoms with van der Waals surface area (Å²) >= 11 is 0. The van der Waals surface area contributed by atoms with Crippen molar-refractivity contribution in [2.45, 2.75) is 76.7 Å². The van der Waals surface area contributed by atoms with E-state index in [0.717, 1.165) is 57.8 Å². The van der Waals surface area contributed by atoms with Crippen LogP contribution in [0.5, 0.6) is 0 Å². The molecule has 0 radical (unpaired) electrons. The van der Waals surface area contributed by atoms with E-state index in [0.29, 0.717) is 12.3 Å². The van der Waals surface area contributed by atoms with Crippen LogP contribution in [0.2, 0.25) is 0 Å². The van der Waals surface area contributed by atoms with Gasteiger partial charge in [0.15, 0.2) is 14.4 Å². The molecule has 1 fully saturated rings. The lowest BCUT2D eigenvalue weighted by molar-refractivity contribution is 0.123. The van der Waals surface area contributed by atoms with Gasteiger partial charge in [-0.05, 0) is 32.1 Å². The zero-order chi connectivity index (χ0) is 17.8. The van der Waals surface area contributed by atoms with Crippen LogP contribution in [-0.2, 0) is 28.2 Å². The normalized spacial score (nSPS) is 18.6. The second-order valence-corrected chi connectivity index (χ2v) is 10.5. The third-order valence-electron chi connectivity index (χ3n) is 4.07. The van der Waals surface area contributed by atoms with Gasteiger partial charge in [-0.15, -0.1) is 0 Å². The molecule has 0 amide bonds. The zero-order valence-corrected chi connectivity index (χ0v) is 17.0. The summed E-state index contributed by atoms with van der Waals surface area (Å²) in [6.07, 6.45) is 9.26. The number of ether oxygens (including phenoxy) is 1. The van der Waals surface area contributed by atoms with Crippen molar-refractivity contribution < 1.29 is 26.5 Å². The van der Waals surface area contributed by atoms with Gasteiger partial charge in [-0.25, -0.2) is 0 Å². The molecular formula is C15H29O6P2S+. The molecule has 0 N–H and O–H groups in total. The third kappa shape index (κ3) is 10.1. The number of hydrogen-bond acceptors (Lipinski definition) is 6. The Hall–Kier alpha value is 0.0700. The fourth-order valence-corrected chi connectivity index (χ4v) is 5.27. The van der Waals surface area contributed by atoms with E-state index in [1.54, 1.807) is 6.92 Å². The first-order valence-electron chi connectivity index (χ1n) is 8.70. The highest BCUT2D eigenvalue weighted by molar-refractivity contribution is 7.86. The number of unbranched alkanes of at least 4 members (excludes halogenated alkanes) is 3. The van der Waals surface area contributed by atoms with Gasteiger partial charge in [0, 0.05) is 13.1 Å². The summed E-state index contributed by atoms with van der Waals surface area (Å²) in [4.78, 5) is 0. The van der Waals surface area contributed by atoms with Crippen LogP contribution in [0.15, 0.2) is 0 Å². The molecule has 0 aromatic heterocycles. The minimum Gasteiger partial charge on any atom is -0.316 e. The maximum Gasteiger partial charge on any atom is 0.369 e. The Labute approximate surface area is 148 Å². The Kier molecular flexibility index (Phi) is 11.4. The minimum atomic E-state index is -3.73. The zero-order valence-electron chi connectivity index (χ0n) is 14.4. The molecule has 0 aromatic carbocycles. The maximum atomic E-state index is 12.1. The first-order chi connectivity index (χ1) is 11.4. The van der Waals surface area contributed by atoms with Gasteiger partial charge in [0.25, 0.3) is 16.0 Å². The van der Waals surface area contributed by atoms with Crippen molar-refractivity contribution >= 4 is 26.4 Å². The van der Waals surface area contributed by atoms with E-state index >= 15 is 0 Å². The molecule has 0 saturated heterocycles. The molecule has 1 saturated carbocycles. The van der Waals surface area contributed by atoms with Crippen LogP contribution < -0.4 is 0 Å². The standard InChI is InChI=1S/C15H29O6P2S/c1-14(23(17)12-8-3-2-7-11-22-16)20-13-24(18,19)21-15-9-5-4-6-10-15/h14-15H,2-13H2,1H3/q+1. The topological polar surface area (TPSA) is 86.7 Å². The lowest BCUT2D eigenvalue weighted by Gasteiger charge is -2.21. The van der Waals surface area contributed by atoms with E-state index in [-0.39, 0.29) is 14.6 Å². The van der Waals surface area contributed by atoms with E-state index in [2.05, 4.69) is 0 Å². The second-order valence-electron chi connectivity index (χ2n) is 6.21. The average molecular weight is 399 g/mol. The summed E-state index contributed by atoms with van der Waals surface area (Å²) in [7, 11) is -5.14. The summed E-state index contributed by atoms with van der Waals surface area (Å²) < 4.78 is 56.6. The first-order valence-corrected chi connectivity index (χ1v) is 12.8. The summed E-state index contributed by atoms with van der Waals surface area (Å²) in [5.41, 5.74) is 0. The Morgan fingerprint density at radius 2 is 1.79 bits per heavy atom. The van der Waals surface area contributed by atoms with Crippen molar-refractivity contribution in [2.75, 3.05) is 18.3 Å². The molecular weight excluding hydrogens is 370 g/mol. The summed E-state index contributed by atoms with van der Waals surface area (Å²) in [5, 5.41) is 0. The number of rotatable bonds is 13. The second kappa shape index (κ2) is 12.4. The third-order valence-corrected chi connectivity index (χ3v) is 7.28. The highest BCUT2D eigenvalue weighted by Crippen LogP contribution is 2.31. The van der Waals surface area contributed by atoms with Gasteiger partial charge in [0.05, 0.1) is 6.10 Å². The molecule has 1 rings (SSSR count). The van der Waals surface area contributed by atoms with Crippen molar-refractivity contribution in [3.8, 4) is 0 Å². The van der Waals surface area contributed by atoms with E-state index in [9.17, 15) is 17.5 Å². The summed E-state index contributed by atoms with van der Waals surface area (Å²) in [5.74, 6) is -1.13. The van der Waals surface area contributed by atoms with Crippen LogP contribution in [0.3, 0.4) is 0 Å². The fourth-order valence-electron chi connectivity index (χ4n) is 2.64. The maximum absolute atomic E-state index is 12.1. The molecule has 0 aliphatic heterocycles. The summed E-state index contributed by atoms with van der Waals surface area (Å²) in [6.45, 7) is 1.64. The van der Waals surface area contributed by atoms with Gasteiger partial charge in [-0.2, -0.15) is 8.42 Å². The average Bonchev–Trinajstić information content (AvgIpc) is 2.56. The van der Waals surface area contributed by atoms with E-state index in [4.69, 9.17) is 8.92 Å². The molecule has 1 aliphatic rings. The van der Waals surface area contributed by atoms with Crippen LogP contribution in [0, 0.1) is 0 Å². The molecule has 140 valence electrons. The highest BCUT2D eigenvalue weighted by Gasteiger charge is 2.29. The Balaban J connectivity index is 2.19. The largest absolute Gasteiger partial charge is 0.369 e. The lowest BCUT2D eigenvalue weighted by Crippen LogP contribution is -2.24. The van der Waals surface area contributed by atoms with Gasteiger partial charge in [-0.3, -0.25) is 8.75 Å². The summed E-state index contributed by atoms with van der Waals surface area (Å²) in [6, 6.07) is 0. The number of hydrogen-bond donors (Lipinski definition) is 0. The van der Waals surface area contributed by atoms with Crippen molar-refractivity contribution in [3.63, 3.8) is 0 Å². The first kappa shape index (κ1) is 22.1. The molecule has 0 heterocycles. The van der Waals surface area contributed by atoms with Crippen molar-refractivity contribution in [2.24, 2.45) is 0 Å². The van der Waals surface area contributed by atoms with E-state index in [1.165, 1.54) is 0 Å². The molecule has 6 nitrogen and oxygen atoms in total. The van der Waals surface area contributed by atoms with Gasteiger partial charge < -0.3 is 4.74 Å². The SMILES string of the molecule is CC(OCS(=O)(=O)OC1CCCCC1)[P+](=O)CCCCCCP=O. The van der Waals surface area contributed by atoms with Gasteiger partial charge in [0.1, 0.15) is 6.16 Å². The predicted octanol–water partition coefficient (Wildman–Crippen LogP) is 4.67. The Morgan fingerprint density at radius 1 is 1.12 bits per heavy atom. The van der Waals surface area contributed by atoms with Gasteiger partial charge >= 0.3 is 7.80 Å². The van der Waals surface area contributed by atoms with Crippen molar-refractivity contribution in [1.29, 1.82) is 0 Å². The van der Waals surface area contributed by atoms with Crippen LogP contribution in [0.25, 0.3) is 0 Å². The smallest absolute Gasteiger partial charge is 0.316 e. The lowest BCUT2D eigenvalue weighted by atomic mass is 9.98. The van der Waals surface area contributed by atoms with Gasteiger partial charge in [-0.1, -0.05) is 30.2 Å². The van der Waals surface area contributed by atoms with Crippen molar-refractivity contribution in [3.05, 3.63) is 0 Å². The Morgan fingerprint density at radius 3 is 2.46 bits per heavy atom. The molecule has 24 heavy (non-hydrogen) atoms. The quantitative estimate of drug-likeness (QED) is 0.254. The van der Waals surface area contributed by atoms with Gasteiger partial charge in [0.2, 0.25) is 0 Å². The highest BCUT2D eigenvalue weighted by atomic mass is 32.2. The minimum absolute atomic E-state index is 0.178.